The maximum absolute atomic E-state index is 13.0. The second kappa shape index (κ2) is 39.2. The molecule has 0 saturated carbocycles. The van der Waals surface area contributed by atoms with Crippen molar-refractivity contribution in [1.29, 1.82) is 0 Å². The first kappa shape index (κ1) is 60.6. The van der Waals surface area contributed by atoms with Gasteiger partial charge in [-0.3, -0.25) is 9.59 Å². The van der Waals surface area contributed by atoms with Crippen LogP contribution in [0, 0.1) is 0 Å². The van der Waals surface area contributed by atoms with Gasteiger partial charge in [-0.15, -0.1) is 0 Å². The molecule has 0 spiro atoms. The fraction of sp³-hybridized carbons (Fsp3) is 0.808. The number of aliphatic hydroxyl groups is 7. The van der Waals surface area contributed by atoms with Gasteiger partial charge in [0.15, 0.2) is 18.7 Å². The predicted octanol–water partition coefficient (Wildman–Crippen LogP) is 7.10. The lowest BCUT2D eigenvalue weighted by Gasteiger charge is -2.42. The van der Waals surface area contributed by atoms with Crippen molar-refractivity contribution in [3.63, 3.8) is 0 Å². The van der Waals surface area contributed by atoms with Crippen LogP contribution in [0.4, 0.5) is 0 Å². The number of carbonyl (C=O) groups excluding carboxylic acids is 2. The summed E-state index contributed by atoms with van der Waals surface area (Å²) >= 11 is 0. The van der Waals surface area contributed by atoms with Gasteiger partial charge >= 0.3 is 11.9 Å². The highest BCUT2D eigenvalue weighted by Crippen LogP contribution is 2.26. The Kier molecular flexibility index (Phi) is 35.5. The topological polar surface area (TPSA) is 231 Å². The van der Waals surface area contributed by atoms with Crippen molar-refractivity contribution in [3.8, 4) is 0 Å². The summed E-state index contributed by atoms with van der Waals surface area (Å²) in [5.41, 5.74) is 0. The van der Waals surface area contributed by atoms with Crippen LogP contribution in [0.5, 0.6) is 0 Å². The zero-order valence-electron chi connectivity index (χ0n) is 40.9. The number of unbranched alkanes of at least 4 members (excludes halogenated alkanes) is 17. The van der Waals surface area contributed by atoms with E-state index in [9.17, 15) is 45.3 Å². The third kappa shape index (κ3) is 27.4. The Balaban J connectivity index is 1.81. The van der Waals surface area contributed by atoms with Crippen LogP contribution >= 0.6 is 0 Å². The van der Waals surface area contributed by atoms with Crippen molar-refractivity contribution >= 4 is 11.9 Å². The van der Waals surface area contributed by atoms with Gasteiger partial charge in [0.2, 0.25) is 0 Å². The summed E-state index contributed by atoms with van der Waals surface area (Å²) in [5, 5.41) is 72.1. The highest BCUT2D eigenvalue weighted by Gasteiger charge is 2.47. The molecule has 7 N–H and O–H groups in total. The Labute approximate surface area is 401 Å². The van der Waals surface area contributed by atoms with E-state index in [0.717, 1.165) is 103 Å². The number of rotatable bonds is 39. The largest absolute Gasteiger partial charge is 0.462 e. The lowest BCUT2D eigenvalue weighted by Crippen LogP contribution is -2.61. The first-order chi connectivity index (χ1) is 32.5. The van der Waals surface area contributed by atoms with E-state index in [2.05, 4.69) is 62.5 Å². The fourth-order valence-electron chi connectivity index (χ4n) is 7.75. The van der Waals surface area contributed by atoms with E-state index in [1.165, 1.54) is 32.1 Å². The van der Waals surface area contributed by atoms with Crippen molar-refractivity contribution in [1.82, 2.24) is 0 Å². The van der Waals surface area contributed by atoms with Gasteiger partial charge < -0.3 is 64.2 Å². The predicted molar refractivity (Wildman–Crippen MR) is 257 cm³/mol. The van der Waals surface area contributed by atoms with Gasteiger partial charge in [0.05, 0.1) is 19.8 Å². The van der Waals surface area contributed by atoms with E-state index in [0.29, 0.717) is 12.8 Å². The molecule has 11 atom stereocenters. The van der Waals surface area contributed by atoms with E-state index >= 15 is 0 Å². The summed E-state index contributed by atoms with van der Waals surface area (Å²) in [7, 11) is 0. The SMILES string of the molecule is CCC/C=C\C/C=C\CCCCCCCC(=O)OCC(COC1OC(COC2OC(CO)C(O)C(O)C2O)C(O)C(O)C1O)OC(=O)CCCCCCCCC/C=C\C/C=C\CCCCCC. The smallest absolute Gasteiger partial charge is 0.306 e. The minimum absolute atomic E-state index is 0.152. The summed E-state index contributed by atoms with van der Waals surface area (Å²) in [6, 6.07) is 0. The molecule has 2 heterocycles. The van der Waals surface area contributed by atoms with Crippen LogP contribution in [0.2, 0.25) is 0 Å². The highest BCUT2D eigenvalue weighted by atomic mass is 16.7. The summed E-state index contributed by atoms with van der Waals surface area (Å²) in [6.45, 7) is 2.48. The molecule has 0 aromatic heterocycles. The number of esters is 2. The zero-order chi connectivity index (χ0) is 48.9. The summed E-state index contributed by atoms with van der Waals surface area (Å²) < 4.78 is 33.5. The maximum atomic E-state index is 13.0. The minimum atomic E-state index is -1.77. The van der Waals surface area contributed by atoms with Crippen molar-refractivity contribution in [2.24, 2.45) is 0 Å². The van der Waals surface area contributed by atoms with Crippen molar-refractivity contribution < 1.29 is 73.8 Å². The average molecular weight is 955 g/mol. The second-order valence-corrected chi connectivity index (χ2v) is 18.0. The van der Waals surface area contributed by atoms with Crippen molar-refractivity contribution in [2.45, 2.75) is 242 Å². The molecule has 67 heavy (non-hydrogen) atoms. The number of ether oxygens (including phenoxy) is 6. The molecule has 15 nitrogen and oxygen atoms in total. The van der Waals surface area contributed by atoms with Gasteiger partial charge in [-0.2, -0.15) is 0 Å². The molecular formula is C52H90O15. The first-order valence-corrected chi connectivity index (χ1v) is 25.7. The summed E-state index contributed by atoms with van der Waals surface area (Å²) in [5.74, 6) is -0.952. The van der Waals surface area contributed by atoms with Crippen LogP contribution in [0.3, 0.4) is 0 Å². The fourth-order valence-corrected chi connectivity index (χ4v) is 7.75. The maximum Gasteiger partial charge on any atom is 0.306 e. The van der Waals surface area contributed by atoms with Gasteiger partial charge in [0, 0.05) is 12.8 Å². The van der Waals surface area contributed by atoms with Crippen LogP contribution < -0.4 is 0 Å². The standard InChI is InChI=1S/C52H90O15/c1-3-5-7-9-11-13-15-17-18-19-20-21-23-25-27-29-31-33-35-44(55)65-40(37-62-43(54)34-32-30-28-26-24-22-16-14-12-10-8-6-4-2)38-63-51-50(61)48(59)46(57)42(67-51)39-64-52-49(60)47(58)45(56)41(36-53)66-52/h8,10,13-16,18-19,40-42,45-53,56-61H,3-7,9,11-12,17,20-39H2,1-2H3/b10-8-,15-13-,16-14-,19-18-. The lowest BCUT2D eigenvalue weighted by atomic mass is 9.98. The van der Waals surface area contributed by atoms with Crippen molar-refractivity contribution in [3.05, 3.63) is 48.6 Å². The molecule has 2 fully saturated rings. The van der Waals surface area contributed by atoms with Crippen LogP contribution in [0.25, 0.3) is 0 Å². The van der Waals surface area contributed by atoms with E-state index in [-0.39, 0.29) is 19.4 Å². The molecule has 0 bridgehead atoms. The van der Waals surface area contributed by atoms with Crippen LogP contribution in [0.1, 0.15) is 174 Å². The van der Waals surface area contributed by atoms with Crippen LogP contribution in [0.15, 0.2) is 48.6 Å². The zero-order valence-corrected chi connectivity index (χ0v) is 40.9. The molecule has 2 saturated heterocycles. The molecule has 2 aliphatic rings. The number of aliphatic hydroxyl groups excluding tert-OH is 7. The molecular weight excluding hydrogens is 865 g/mol. The Hall–Kier alpha value is -2.54. The monoisotopic (exact) mass is 955 g/mol. The Morgan fingerprint density at radius 2 is 0.925 bits per heavy atom. The third-order valence-electron chi connectivity index (χ3n) is 12.0. The second-order valence-electron chi connectivity index (χ2n) is 18.0. The van der Waals surface area contributed by atoms with Gasteiger partial charge in [-0.05, 0) is 70.6 Å². The van der Waals surface area contributed by atoms with E-state index < -0.39 is 99.3 Å². The number of carbonyl (C=O) groups is 2. The number of hydrogen-bond donors (Lipinski definition) is 7. The normalized spacial score (nSPS) is 26.3. The first-order valence-electron chi connectivity index (χ1n) is 25.7. The lowest BCUT2D eigenvalue weighted by molar-refractivity contribution is -0.332. The quantitative estimate of drug-likeness (QED) is 0.0185. The Morgan fingerprint density at radius 3 is 1.45 bits per heavy atom. The molecule has 15 heteroatoms. The Morgan fingerprint density at radius 1 is 0.478 bits per heavy atom. The molecule has 0 aromatic rings. The molecule has 0 radical (unpaired) electrons. The third-order valence-corrected chi connectivity index (χ3v) is 12.0. The number of hydrogen-bond acceptors (Lipinski definition) is 15. The molecule has 388 valence electrons. The summed E-state index contributed by atoms with van der Waals surface area (Å²) in [6.07, 6.45) is 25.6. The van der Waals surface area contributed by atoms with Gasteiger partial charge in [-0.1, -0.05) is 140 Å². The Bertz CT molecular complexity index is 1350. The molecule has 0 aromatic carbocycles. The highest BCUT2D eigenvalue weighted by molar-refractivity contribution is 5.70. The molecule has 2 rings (SSSR count). The number of allylic oxidation sites excluding steroid dienone is 8. The van der Waals surface area contributed by atoms with Crippen LogP contribution in [-0.2, 0) is 38.0 Å². The molecule has 11 unspecified atom stereocenters. The van der Waals surface area contributed by atoms with Crippen LogP contribution in [-0.4, -0.2) is 142 Å². The molecule has 0 aliphatic carbocycles. The van der Waals surface area contributed by atoms with E-state index in [1.54, 1.807) is 0 Å². The molecule has 0 amide bonds. The van der Waals surface area contributed by atoms with Gasteiger partial charge in [0.1, 0.15) is 55.4 Å². The molecule has 2 aliphatic heterocycles. The van der Waals surface area contributed by atoms with E-state index in [1.807, 2.05) is 0 Å². The van der Waals surface area contributed by atoms with E-state index in [4.69, 9.17) is 28.4 Å². The summed E-state index contributed by atoms with van der Waals surface area (Å²) in [4.78, 5) is 25.7. The van der Waals surface area contributed by atoms with Gasteiger partial charge in [-0.25, -0.2) is 0 Å². The minimum Gasteiger partial charge on any atom is -0.462 e. The van der Waals surface area contributed by atoms with Gasteiger partial charge in [0.25, 0.3) is 0 Å². The van der Waals surface area contributed by atoms with Crippen molar-refractivity contribution in [2.75, 3.05) is 26.4 Å². The average Bonchev–Trinajstić information content (AvgIpc) is 3.32.